The maximum Gasteiger partial charge on any atom is 0.0945 e. The smallest absolute Gasteiger partial charge is 0.0945 e. The Morgan fingerprint density at radius 3 is 3.00 bits per heavy atom. The molecule has 0 aromatic carbocycles. The molecular formula is C8H14N2OS. The predicted molar refractivity (Wildman–Crippen MR) is 51.1 cm³/mol. The first-order valence-electron chi connectivity index (χ1n) is 3.91. The highest BCUT2D eigenvalue weighted by Crippen LogP contribution is 2.15. The molecule has 0 fully saturated rings. The lowest BCUT2D eigenvalue weighted by atomic mass is 10.5. The van der Waals surface area contributed by atoms with E-state index < -0.39 is 0 Å². The van der Waals surface area contributed by atoms with Crippen LogP contribution in [0.4, 0.5) is 0 Å². The topological polar surface area (TPSA) is 38.1 Å². The predicted octanol–water partition coefficient (Wildman–Crippen LogP) is 1.03. The van der Waals surface area contributed by atoms with Gasteiger partial charge in [0.25, 0.3) is 0 Å². The van der Waals surface area contributed by atoms with Gasteiger partial charge in [-0.3, -0.25) is 0 Å². The molecule has 0 saturated heterocycles. The fourth-order valence-electron chi connectivity index (χ4n) is 0.804. The average Bonchev–Trinajstić information content (AvgIpc) is 2.47. The number of aliphatic hydroxyl groups is 1. The number of hydrogen-bond acceptors (Lipinski definition) is 3. The van der Waals surface area contributed by atoms with E-state index >= 15 is 0 Å². The summed E-state index contributed by atoms with van der Waals surface area (Å²) in [6.07, 6.45) is 3.65. The van der Waals surface area contributed by atoms with Crippen molar-refractivity contribution in [3.63, 3.8) is 0 Å². The Bertz CT molecular complexity index is 237. The Morgan fingerprint density at radius 2 is 2.50 bits per heavy atom. The summed E-state index contributed by atoms with van der Waals surface area (Å²) in [4.78, 5) is 4.01. The molecule has 0 aliphatic carbocycles. The molecule has 1 aromatic rings. The van der Waals surface area contributed by atoms with Crippen molar-refractivity contribution in [2.75, 3.05) is 6.61 Å². The van der Waals surface area contributed by atoms with E-state index in [9.17, 15) is 0 Å². The molecule has 68 valence electrons. The first kappa shape index (κ1) is 9.61. The molecule has 0 saturated carbocycles. The summed E-state index contributed by atoms with van der Waals surface area (Å²) in [5, 5.41) is 9.09. The highest BCUT2D eigenvalue weighted by Gasteiger charge is 2.03. The summed E-state index contributed by atoms with van der Waals surface area (Å²) in [6.45, 7) is 2.25. The molecule has 1 rings (SSSR count). The second-order valence-corrected chi connectivity index (χ2v) is 4.23. The van der Waals surface area contributed by atoms with E-state index in [0.717, 1.165) is 5.75 Å². The van der Waals surface area contributed by atoms with Gasteiger partial charge in [-0.2, -0.15) is 11.8 Å². The van der Waals surface area contributed by atoms with Gasteiger partial charge in [-0.15, -0.1) is 0 Å². The lowest BCUT2D eigenvalue weighted by Gasteiger charge is -2.06. The summed E-state index contributed by atoms with van der Waals surface area (Å²) in [6, 6.07) is 0. The van der Waals surface area contributed by atoms with Crippen LogP contribution in [0.5, 0.6) is 0 Å². The minimum Gasteiger partial charge on any atom is -0.395 e. The first-order chi connectivity index (χ1) is 5.74. The lowest BCUT2D eigenvalue weighted by Crippen LogP contribution is -2.03. The number of imidazole rings is 1. The number of rotatable bonds is 4. The Balaban J connectivity index is 2.38. The third kappa shape index (κ3) is 2.53. The Kier molecular flexibility index (Phi) is 3.62. The largest absolute Gasteiger partial charge is 0.395 e. The summed E-state index contributed by atoms with van der Waals surface area (Å²) < 4.78 is 2.00. The maximum atomic E-state index is 8.79. The van der Waals surface area contributed by atoms with Crippen molar-refractivity contribution < 1.29 is 5.11 Å². The summed E-state index contributed by atoms with van der Waals surface area (Å²) in [5.74, 6) is 0.915. The van der Waals surface area contributed by atoms with Crippen LogP contribution >= 0.6 is 11.8 Å². The molecule has 3 nitrogen and oxygen atoms in total. The summed E-state index contributed by atoms with van der Waals surface area (Å²) in [5.41, 5.74) is 1.19. The van der Waals surface area contributed by atoms with Crippen LogP contribution in [0.3, 0.4) is 0 Å². The highest BCUT2D eigenvalue weighted by molar-refractivity contribution is 7.99. The van der Waals surface area contributed by atoms with Crippen LogP contribution in [0.1, 0.15) is 12.6 Å². The first-order valence-corrected chi connectivity index (χ1v) is 4.96. The Morgan fingerprint density at radius 1 is 1.75 bits per heavy atom. The van der Waals surface area contributed by atoms with Gasteiger partial charge in [-0.05, 0) is 0 Å². The molecule has 1 atom stereocenters. The number of aryl methyl sites for hydroxylation is 1. The van der Waals surface area contributed by atoms with Crippen LogP contribution < -0.4 is 0 Å². The van der Waals surface area contributed by atoms with Crippen LogP contribution in [0.2, 0.25) is 0 Å². The van der Waals surface area contributed by atoms with Gasteiger partial charge in [0.2, 0.25) is 0 Å². The van der Waals surface area contributed by atoms with Gasteiger partial charge in [0.1, 0.15) is 0 Å². The van der Waals surface area contributed by atoms with Gasteiger partial charge >= 0.3 is 0 Å². The number of nitrogens with zero attached hydrogens (tertiary/aromatic N) is 2. The van der Waals surface area contributed by atoms with Gasteiger partial charge in [-0.1, -0.05) is 6.92 Å². The molecule has 12 heavy (non-hydrogen) atoms. The zero-order chi connectivity index (χ0) is 8.97. The molecule has 1 heterocycles. The minimum absolute atomic E-state index is 0.239. The molecule has 1 N–H and O–H groups in total. The molecule has 0 radical (unpaired) electrons. The van der Waals surface area contributed by atoms with Crippen LogP contribution in [0, 0.1) is 0 Å². The van der Waals surface area contributed by atoms with E-state index in [0.29, 0.717) is 5.25 Å². The minimum atomic E-state index is 0.239. The SMILES string of the molecule is CC(CO)SCc1cncn1C. The summed E-state index contributed by atoms with van der Waals surface area (Å²) in [7, 11) is 1.98. The van der Waals surface area contributed by atoms with E-state index in [2.05, 4.69) is 4.98 Å². The standard InChI is InChI=1S/C8H14N2OS/c1-7(4-11)12-5-8-3-9-6-10(8)2/h3,6-7,11H,4-5H2,1-2H3. The van der Waals surface area contributed by atoms with Crippen molar-refractivity contribution in [3.8, 4) is 0 Å². The quantitative estimate of drug-likeness (QED) is 0.763. The Labute approximate surface area is 76.8 Å². The number of aromatic nitrogens is 2. The molecule has 0 bridgehead atoms. The van der Waals surface area contributed by atoms with Crippen molar-refractivity contribution in [2.24, 2.45) is 7.05 Å². The van der Waals surface area contributed by atoms with E-state index in [-0.39, 0.29) is 6.61 Å². The molecule has 0 aliphatic rings. The third-order valence-corrected chi connectivity index (χ3v) is 2.87. The van der Waals surface area contributed by atoms with Gasteiger partial charge < -0.3 is 9.67 Å². The molecule has 1 aromatic heterocycles. The van der Waals surface area contributed by atoms with E-state index in [4.69, 9.17) is 5.11 Å². The van der Waals surface area contributed by atoms with E-state index in [1.807, 2.05) is 24.7 Å². The van der Waals surface area contributed by atoms with Gasteiger partial charge in [0, 0.05) is 29.9 Å². The van der Waals surface area contributed by atoms with Crippen molar-refractivity contribution in [2.45, 2.75) is 17.9 Å². The van der Waals surface area contributed by atoms with Gasteiger partial charge in [0.05, 0.1) is 12.9 Å². The normalized spacial score (nSPS) is 13.2. The van der Waals surface area contributed by atoms with Crippen LogP contribution in [0.25, 0.3) is 0 Å². The molecule has 0 spiro atoms. The number of aliphatic hydroxyl groups excluding tert-OH is 1. The highest BCUT2D eigenvalue weighted by atomic mass is 32.2. The maximum absolute atomic E-state index is 8.79. The van der Waals surface area contributed by atoms with Crippen molar-refractivity contribution in [1.29, 1.82) is 0 Å². The molecule has 1 unspecified atom stereocenters. The van der Waals surface area contributed by atoms with Crippen LogP contribution in [-0.4, -0.2) is 26.5 Å². The molecule has 0 aliphatic heterocycles. The average molecular weight is 186 g/mol. The molecule has 4 heteroatoms. The Hall–Kier alpha value is -0.480. The van der Waals surface area contributed by atoms with E-state index in [1.54, 1.807) is 18.1 Å². The molecule has 0 amide bonds. The van der Waals surface area contributed by atoms with Crippen molar-refractivity contribution >= 4 is 11.8 Å². The van der Waals surface area contributed by atoms with Gasteiger partial charge in [0.15, 0.2) is 0 Å². The fourth-order valence-corrected chi connectivity index (χ4v) is 1.64. The number of thioether (sulfide) groups is 1. The van der Waals surface area contributed by atoms with Crippen molar-refractivity contribution in [3.05, 3.63) is 18.2 Å². The fraction of sp³-hybridized carbons (Fsp3) is 0.625. The van der Waals surface area contributed by atoms with Crippen molar-refractivity contribution in [1.82, 2.24) is 9.55 Å². The van der Waals surface area contributed by atoms with E-state index in [1.165, 1.54) is 5.69 Å². The zero-order valence-electron chi connectivity index (χ0n) is 7.40. The summed E-state index contributed by atoms with van der Waals surface area (Å²) >= 11 is 1.74. The number of hydrogen-bond donors (Lipinski definition) is 1. The molecular weight excluding hydrogens is 172 g/mol. The zero-order valence-corrected chi connectivity index (χ0v) is 8.21. The second kappa shape index (κ2) is 4.52. The lowest BCUT2D eigenvalue weighted by molar-refractivity contribution is 0.300. The van der Waals surface area contributed by atoms with Crippen LogP contribution in [0.15, 0.2) is 12.5 Å². The second-order valence-electron chi connectivity index (χ2n) is 2.80. The van der Waals surface area contributed by atoms with Gasteiger partial charge in [-0.25, -0.2) is 4.98 Å². The monoisotopic (exact) mass is 186 g/mol. The van der Waals surface area contributed by atoms with Crippen LogP contribution in [-0.2, 0) is 12.8 Å². The third-order valence-electron chi connectivity index (χ3n) is 1.69.